The zero-order valence-corrected chi connectivity index (χ0v) is 19.7. The molecule has 3 heterocycles. The van der Waals surface area contributed by atoms with E-state index in [0.29, 0.717) is 37.4 Å². The van der Waals surface area contributed by atoms with E-state index in [-0.39, 0.29) is 17.4 Å². The quantitative estimate of drug-likeness (QED) is 0.744. The maximum atomic E-state index is 12.9. The molecule has 0 saturated carbocycles. The van der Waals surface area contributed by atoms with E-state index < -0.39 is 0 Å². The van der Waals surface area contributed by atoms with Crippen LogP contribution in [0.1, 0.15) is 86.5 Å². The van der Waals surface area contributed by atoms with Crippen LogP contribution < -0.4 is 5.56 Å². The normalized spacial score (nSPS) is 19.2. The number of carbonyl (C=O) groups is 1. The standard InChI is InChI=1S/C26H36N4O2/c1-4-6-24(31)30-14-12-23-22(17-30)26(32)28-25(27-23)21-7-5-13-29(16-21)15-19-8-10-20(11-9-19)18(2)3/h8-11,18,21H,4-7,12-17H2,1-3H3,(H,27,28,32)/t21-/m1/s1. The summed E-state index contributed by atoms with van der Waals surface area (Å²) in [5.41, 5.74) is 4.18. The molecule has 172 valence electrons. The molecule has 6 heteroatoms. The van der Waals surface area contributed by atoms with Crippen molar-refractivity contribution < 1.29 is 4.79 Å². The first kappa shape index (κ1) is 22.7. The number of benzene rings is 1. The Morgan fingerprint density at radius 2 is 2.00 bits per heavy atom. The Labute approximate surface area is 191 Å². The second kappa shape index (κ2) is 9.99. The van der Waals surface area contributed by atoms with Gasteiger partial charge in [0.2, 0.25) is 5.91 Å². The van der Waals surface area contributed by atoms with Crippen LogP contribution in [0.25, 0.3) is 0 Å². The molecule has 2 aliphatic rings. The van der Waals surface area contributed by atoms with E-state index in [2.05, 4.69) is 48.0 Å². The number of likely N-dealkylation sites (tertiary alicyclic amines) is 1. The Morgan fingerprint density at radius 3 is 2.72 bits per heavy atom. The number of nitrogens with one attached hydrogen (secondary N) is 1. The molecule has 2 aliphatic heterocycles. The summed E-state index contributed by atoms with van der Waals surface area (Å²) in [5.74, 6) is 1.75. The molecule has 1 aromatic heterocycles. The summed E-state index contributed by atoms with van der Waals surface area (Å²) in [7, 11) is 0. The van der Waals surface area contributed by atoms with Gasteiger partial charge in [0.1, 0.15) is 5.82 Å². The van der Waals surface area contributed by atoms with Crippen molar-refractivity contribution in [1.82, 2.24) is 19.8 Å². The van der Waals surface area contributed by atoms with E-state index in [1.165, 1.54) is 11.1 Å². The minimum atomic E-state index is -0.0691. The fraction of sp³-hybridized carbons (Fsp3) is 0.577. The van der Waals surface area contributed by atoms with Crippen LogP contribution in [0, 0.1) is 0 Å². The van der Waals surface area contributed by atoms with Gasteiger partial charge >= 0.3 is 0 Å². The van der Waals surface area contributed by atoms with Crippen LogP contribution in [0.4, 0.5) is 0 Å². The molecule has 4 rings (SSSR count). The van der Waals surface area contributed by atoms with E-state index in [9.17, 15) is 9.59 Å². The van der Waals surface area contributed by atoms with Crippen LogP contribution in [-0.2, 0) is 24.3 Å². The molecule has 0 unspecified atom stereocenters. The molecular weight excluding hydrogens is 400 g/mol. The predicted molar refractivity (Wildman–Crippen MR) is 127 cm³/mol. The molecule has 0 aliphatic carbocycles. The molecule has 1 fully saturated rings. The Hall–Kier alpha value is -2.47. The van der Waals surface area contributed by atoms with Gasteiger partial charge in [-0.25, -0.2) is 4.98 Å². The van der Waals surface area contributed by atoms with E-state index in [1.54, 1.807) is 4.90 Å². The first-order valence-corrected chi connectivity index (χ1v) is 12.2. The largest absolute Gasteiger partial charge is 0.338 e. The number of aromatic amines is 1. The van der Waals surface area contributed by atoms with E-state index >= 15 is 0 Å². The molecule has 1 atom stereocenters. The van der Waals surface area contributed by atoms with Gasteiger partial charge in [-0.3, -0.25) is 14.5 Å². The van der Waals surface area contributed by atoms with Crippen molar-refractivity contribution in [3.8, 4) is 0 Å². The number of fused-ring (bicyclic) bond motifs is 1. The van der Waals surface area contributed by atoms with Crippen LogP contribution in [0.3, 0.4) is 0 Å². The topological polar surface area (TPSA) is 69.3 Å². The zero-order chi connectivity index (χ0) is 22.7. The Bertz CT molecular complexity index is 996. The van der Waals surface area contributed by atoms with Crippen molar-refractivity contribution in [2.24, 2.45) is 0 Å². The summed E-state index contributed by atoms with van der Waals surface area (Å²) in [5, 5.41) is 0. The van der Waals surface area contributed by atoms with Crippen molar-refractivity contribution in [3.05, 3.63) is 62.8 Å². The number of amides is 1. The second-order valence-corrected chi connectivity index (χ2v) is 9.66. The molecule has 0 spiro atoms. The molecule has 1 amide bonds. The van der Waals surface area contributed by atoms with E-state index in [4.69, 9.17) is 4.98 Å². The van der Waals surface area contributed by atoms with Gasteiger partial charge in [-0.1, -0.05) is 45.0 Å². The number of aromatic nitrogens is 2. The molecular formula is C26H36N4O2. The van der Waals surface area contributed by atoms with Crippen molar-refractivity contribution >= 4 is 5.91 Å². The molecule has 1 saturated heterocycles. The van der Waals surface area contributed by atoms with Crippen LogP contribution in [-0.4, -0.2) is 45.3 Å². The smallest absolute Gasteiger partial charge is 0.256 e. The lowest BCUT2D eigenvalue weighted by molar-refractivity contribution is -0.132. The van der Waals surface area contributed by atoms with Crippen molar-refractivity contribution in [3.63, 3.8) is 0 Å². The Balaban J connectivity index is 1.44. The highest BCUT2D eigenvalue weighted by Gasteiger charge is 2.28. The third-order valence-electron chi connectivity index (χ3n) is 6.85. The summed E-state index contributed by atoms with van der Waals surface area (Å²) >= 11 is 0. The number of rotatable bonds is 6. The summed E-state index contributed by atoms with van der Waals surface area (Å²) in [6.07, 6.45) is 4.19. The summed E-state index contributed by atoms with van der Waals surface area (Å²) in [6, 6.07) is 8.95. The van der Waals surface area contributed by atoms with Gasteiger partial charge in [0.25, 0.3) is 5.56 Å². The van der Waals surface area contributed by atoms with Crippen molar-refractivity contribution in [1.29, 1.82) is 0 Å². The van der Waals surface area contributed by atoms with Gasteiger partial charge < -0.3 is 9.88 Å². The molecule has 2 aromatic rings. The molecule has 1 aromatic carbocycles. The Morgan fingerprint density at radius 1 is 1.22 bits per heavy atom. The summed E-state index contributed by atoms with van der Waals surface area (Å²) in [6.45, 7) is 10.4. The average Bonchev–Trinajstić information content (AvgIpc) is 2.79. The number of carbonyl (C=O) groups excluding carboxylic acids is 1. The minimum absolute atomic E-state index is 0.0691. The van der Waals surface area contributed by atoms with Gasteiger partial charge in [-0.05, 0) is 42.9 Å². The number of piperidine rings is 1. The molecule has 32 heavy (non-hydrogen) atoms. The Kier molecular flexibility index (Phi) is 7.09. The lowest BCUT2D eigenvalue weighted by atomic mass is 9.95. The molecule has 0 radical (unpaired) electrons. The lowest BCUT2D eigenvalue weighted by Crippen LogP contribution is -2.40. The average molecular weight is 437 g/mol. The number of hydrogen-bond acceptors (Lipinski definition) is 4. The monoisotopic (exact) mass is 436 g/mol. The second-order valence-electron chi connectivity index (χ2n) is 9.66. The first-order chi connectivity index (χ1) is 15.4. The number of nitrogens with zero attached hydrogens (tertiary/aromatic N) is 3. The van der Waals surface area contributed by atoms with Crippen LogP contribution in [0.15, 0.2) is 29.1 Å². The zero-order valence-electron chi connectivity index (χ0n) is 19.7. The van der Waals surface area contributed by atoms with Gasteiger partial charge in [0.15, 0.2) is 0 Å². The summed E-state index contributed by atoms with van der Waals surface area (Å²) < 4.78 is 0. The third-order valence-corrected chi connectivity index (χ3v) is 6.85. The summed E-state index contributed by atoms with van der Waals surface area (Å²) in [4.78, 5) is 37.4. The van der Waals surface area contributed by atoms with Gasteiger partial charge in [0, 0.05) is 38.4 Å². The maximum Gasteiger partial charge on any atom is 0.256 e. The highest BCUT2D eigenvalue weighted by Crippen LogP contribution is 2.27. The molecule has 0 bridgehead atoms. The third kappa shape index (κ3) is 5.12. The number of hydrogen-bond donors (Lipinski definition) is 1. The van der Waals surface area contributed by atoms with E-state index in [1.807, 2.05) is 6.92 Å². The fourth-order valence-electron chi connectivity index (χ4n) is 4.91. The lowest BCUT2D eigenvalue weighted by Gasteiger charge is -2.33. The predicted octanol–water partition coefficient (Wildman–Crippen LogP) is 3.96. The molecule has 1 N–H and O–H groups in total. The van der Waals surface area contributed by atoms with Crippen LogP contribution in [0.5, 0.6) is 0 Å². The fourth-order valence-corrected chi connectivity index (χ4v) is 4.91. The van der Waals surface area contributed by atoms with Crippen molar-refractivity contribution in [2.75, 3.05) is 19.6 Å². The highest BCUT2D eigenvalue weighted by molar-refractivity contribution is 5.76. The van der Waals surface area contributed by atoms with Gasteiger partial charge in [-0.15, -0.1) is 0 Å². The van der Waals surface area contributed by atoms with E-state index in [0.717, 1.165) is 50.4 Å². The van der Waals surface area contributed by atoms with Crippen LogP contribution >= 0.6 is 0 Å². The highest BCUT2D eigenvalue weighted by atomic mass is 16.2. The first-order valence-electron chi connectivity index (χ1n) is 12.2. The van der Waals surface area contributed by atoms with Crippen LogP contribution in [0.2, 0.25) is 0 Å². The SMILES string of the molecule is CCCC(=O)N1CCc2nc([C@@H]3CCCN(Cc4ccc(C(C)C)cc4)C3)[nH]c(=O)c2C1. The van der Waals surface area contributed by atoms with Crippen molar-refractivity contribution in [2.45, 2.75) is 77.8 Å². The van der Waals surface area contributed by atoms with Gasteiger partial charge in [0.05, 0.1) is 17.8 Å². The number of H-pyrrole nitrogens is 1. The molecule has 6 nitrogen and oxygen atoms in total. The minimum Gasteiger partial charge on any atom is -0.338 e. The maximum absolute atomic E-state index is 12.9. The van der Waals surface area contributed by atoms with Gasteiger partial charge in [-0.2, -0.15) is 0 Å².